The number of hydrogen-bond donors (Lipinski definition) is 0. The molecule has 3 aromatic carbocycles. The summed E-state index contributed by atoms with van der Waals surface area (Å²) in [6.07, 6.45) is 2.35. The fourth-order valence-corrected chi connectivity index (χ4v) is 6.41. The quantitative estimate of drug-likeness (QED) is 0.463. The van der Waals surface area contributed by atoms with Crippen LogP contribution in [0.5, 0.6) is 0 Å². The van der Waals surface area contributed by atoms with Crippen molar-refractivity contribution in [2.24, 2.45) is 5.92 Å². The molecule has 7 heteroatoms. The molecule has 2 aliphatic rings. The largest absolute Gasteiger partial charge is 0.309 e. The Bertz CT molecular complexity index is 1270. The number of amides is 1. The van der Waals surface area contributed by atoms with Crippen LogP contribution in [0.3, 0.4) is 0 Å². The Balaban J connectivity index is 1.66. The molecular weight excluding hydrogens is 456 g/mol. The minimum absolute atomic E-state index is 0.0834. The maximum absolute atomic E-state index is 14.0. The van der Waals surface area contributed by atoms with E-state index in [-0.39, 0.29) is 22.8 Å². The number of fused-ring (bicyclic) bond motifs is 1. The lowest BCUT2D eigenvalue weighted by atomic mass is 9.91. The summed E-state index contributed by atoms with van der Waals surface area (Å²) in [5, 5.41) is 0.478. The third-order valence-corrected chi connectivity index (χ3v) is 8.49. The van der Waals surface area contributed by atoms with Gasteiger partial charge in [-0.15, -0.1) is 0 Å². The van der Waals surface area contributed by atoms with Gasteiger partial charge in [0.15, 0.2) is 0 Å². The number of carbonyl (C=O) groups excluding carboxylic acids is 1. The number of hydrogen-bond acceptors (Lipinski definition) is 3. The van der Waals surface area contributed by atoms with Crippen molar-refractivity contribution in [2.75, 3.05) is 9.21 Å². The number of anilines is 2. The lowest BCUT2D eigenvalue weighted by Crippen LogP contribution is -2.48. The predicted octanol–water partition coefficient (Wildman–Crippen LogP) is 5.81. The maximum Gasteiger partial charge on any atom is 0.264 e. The Kier molecular flexibility index (Phi) is 5.67. The minimum atomic E-state index is -3.91. The van der Waals surface area contributed by atoms with Gasteiger partial charge in [0.2, 0.25) is 5.91 Å². The van der Waals surface area contributed by atoms with E-state index in [1.54, 1.807) is 12.1 Å². The van der Waals surface area contributed by atoms with E-state index in [2.05, 4.69) is 0 Å². The molecule has 0 saturated heterocycles. The average molecular weight is 481 g/mol. The van der Waals surface area contributed by atoms with Crippen molar-refractivity contribution < 1.29 is 13.2 Å². The highest BCUT2D eigenvalue weighted by Gasteiger charge is 2.44. The van der Waals surface area contributed by atoms with E-state index in [4.69, 9.17) is 11.6 Å². The van der Waals surface area contributed by atoms with E-state index < -0.39 is 16.1 Å². The predicted molar refractivity (Wildman–Crippen MR) is 131 cm³/mol. The third-order valence-electron chi connectivity index (χ3n) is 6.39. The number of para-hydroxylation sites is 2. The molecular formula is C26H25ClN2O3S. The Morgan fingerprint density at radius 1 is 0.939 bits per heavy atom. The van der Waals surface area contributed by atoms with E-state index >= 15 is 0 Å². The zero-order valence-corrected chi connectivity index (χ0v) is 19.8. The van der Waals surface area contributed by atoms with Crippen LogP contribution >= 0.6 is 11.6 Å². The highest BCUT2D eigenvalue weighted by atomic mass is 35.5. The number of carbonyl (C=O) groups is 1. The summed E-state index contributed by atoms with van der Waals surface area (Å²) < 4.78 is 29.5. The van der Waals surface area contributed by atoms with Crippen molar-refractivity contribution in [1.82, 2.24) is 0 Å². The van der Waals surface area contributed by atoms with Gasteiger partial charge >= 0.3 is 0 Å². The van der Waals surface area contributed by atoms with Gasteiger partial charge in [0.05, 0.1) is 16.6 Å². The smallest absolute Gasteiger partial charge is 0.264 e. The molecule has 1 fully saturated rings. The van der Waals surface area contributed by atoms with Crippen molar-refractivity contribution >= 4 is 38.9 Å². The second kappa shape index (κ2) is 8.50. The Labute approximate surface area is 199 Å². The molecule has 0 N–H and O–H groups in total. The van der Waals surface area contributed by atoms with Crippen LogP contribution in [0, 0.1) is 5.92 Å². The maximum atomic E-state index is 14.0. The second-order valence-electron chi connectivity index (χ2n) is 8.73. The van der Waals surface area contributed by atoms with Crippen LogP contribution in [-0.4, -0.2) is 20.4 Å². The summed E-state index contributed by atoms with van der Waals surface area (Å²) in [6.45, 7) is 2.00. The van der Waals surface area contributed by atoms with Gasteiger partial charge in [-0.05, 0) is 74.2 Å². The van der Waals surface area contributed by atoms with Gasteiger partial charge < -0.3 is 4.90 Å². The zero-order valence-electron chi connectivity index (χ0n) is 18.3. The molecule has 2 atom stereocenters. The first-order valence-electron chi connectivity index (χ1n) is 11.1. The number of nitrogens with zero attached hydrogens (tertiary/aromatic N) is 2. The lowest BCUT2D eigenvalue weighted by Gasteiger charge is -2.43. The van der Waals surface area contributed by atoms with Crippen LogP contribution in [0.25, 0.3) is 0 Å². The molecule has 0 spiro atoms. The van der Waals surface area contributed by atoms with Gasteiger partial charge in [-0.3, -0.25) is 9.10 Å². The minimum Gasteiger partial charge on any atom is -0.309 e. The van der Waals surface area contributed by atoms with Crippen LogP contribution in [-0.2, 0) is 14.8 Å². The fourth-order valence-electron chi connectivity index (χ4n) is 4.65. The number of halogens is 1. The summed E-state index contributed by atoms with van der Waals surface area (Å²) in [4.78, 5) is 15.2. The molecule has 1 heterocycles. The van der Waals surface area contributed by atoms with Crippen molar-refractivity contribution in [1.29, 1.82) is 0 Å². The van der Waals surface area contributed by atoms with Crippen LogP contribution in [0.2, 0.25) is 5.02 Å². The molecule has 3 aromatic rings. The molecule has 1 saturated carbocycles. The van der Waals surface area contributed by atoms with Crippen molar-refractivity contribution in [3.8, 4) is 0 Å². The van der Waals surface area contributed by atoms with Gasteiger partial charge in [0, 0.05) is 22.7 Å². The Hall–Kier alpha value is -2.83. The van der Waals surface area contributed by atoms with E-state index in [0.29, 0.717) is 17.1 Å². The molecule has 170 valence electrons. The van der Waals surface area contributed by atoms with Crippen molar-refractivity contribution in [3.05, 3.63) is 89.4 Å². The van der Waals surface area contributed by atoms with Gasteiger partial charge in [-0.25, -0.2) is 8.42 Å². The third kappa shape index (κ3) is 4.02. The molecule has 0 bridgehead atoms. The average Bonchev–Trinajstić information content (AvgIpc) is 3.65. The monoisotopic (exact) mass is 480 g/mol. The number of sulfonamides is 1. The van der Waals surface area contributed by atoms with Crippen LogP contribution < -0.4 is 9.21 Å². The van der Waals surface area contributed by atoms with E-state index in [0.717, 1.165) is 24.1 Å². The van der Waals surface area contributed by atoms with Crippen LogP contribution in [0.1, 0.15) is 37.8 Å². The molecule has 1 aliphatic carbocycles. The van der Waals surface area contributed by atoms with Crippen LogP contribution in [0.15, 0.2) is 83.8 Å². The van der Waals surface area contributed by atoms with Gasteiger partial charge in [-0.2, -0.15) is 0 Å². The summed E-state index contributed by atoms with van der Waals surface area (Å²) in [5.74, 6) is 0.223. The summed E-state index contributed by atoms with van der Waals surface area (Å²) >= 11 is 6.02. The topological polar surface area (TPSA) is 57.7 Å². The normalized spacial score (nSPS) is 20.2. The SMILES string of the molecule is C[C@H]1C[C@H](N(c2ccccc2)S(=O)(=O)c2ccc(Cl)cc2)c2ccccc2N1C(=O)C1CC1. The van der Waals surface area contributed by atoms with E-state index in [9.17, 15) is 13.2 Å². The van der Waals surface area contributed by atoms with Crippen LogP contribution in [0.4, 0.5) is 11.4 Å². The molecule has 33 heavy (non-hydrogen) atoms. The summed E-state index contributed by atoms with van der Waals surface area (Å²) in [5.41, 5.74) is 2.22. The summed E-state index contributed by atoms with van der Waals surface area (Å²) in [7, 11) is -3.91. The molecule has 1 aliphatic heterocycles. The Morgan fingerprint density at radius 2 is 1.58 bits per heavy atom. The molecule has 0 aromatic heterocycles. The highest BCUT2D eigenvalue weighted by molar-refractivity contribution is 7.92. The van der Waals surface area contributed by atoms with Crippen molar-refractivity contribution in [2.45, 2.75) is 43.2 Å². The second-order valence-corrected chi connectivity index (χ2v) is 11.0. The van der Waals surface area contributed by atoms with Gasteiger partial charge in [0.25, 0.3) is 10.0 Å². The summed E-state index contributed by atoms with van der Waals surface area (Å²) in [6, 6.07) is 22.5. The van der Waals surface area contributed by atoms with Gasteiger partial charge in [0.1, 0.15) is 0 Å². The highest BCUT2D eigenvalue weighted by Crippen LogP contribution is 2.46. The molecule has 0 radical (unpaired) electrons. The molecule has 1 amide bonds. The standard InChI is InChI=1S/C26H25ClN2O3S/c1-18-17-25(23-9-5-6-10-24(23)28(18)26(30)19-11-12-19)29(21-7-3-2-4-8-21)33(31,32)22-15-13-20(27)14-16-22/h2-10,13-16,18-19,25H,11-12,17H2,1H3/t18-,25-/m0/s1. The molecule has 0 unspecified atom stereocenters. The first-order valence-corrected chi connectivity index (χ1v) is 13.0. The van der Waals surface area contributed by atoms with E-state index in [1.165, 1.54) is 16.4 Å². The zero-order chi connectivity index (χ0) is 23.2. The van der Waals surface area contributed by atoms with E-state index in [1.807, 2.05) is 66.4 Å². The number of benzene rings is 3. The first-order chi connectivity index (χ1) is 15.9. The van der Waals surface area contributed by atoms with Crippen molar-refractivity contribution in [3.63, 3.8) is 0 Å². The fraction of sp³-hybridized carbons (Fsp3) is 0.269. The van der Waals surface area contributed by atoms with Gasteiger partial charge in [-0.1, -0.05) is 48.0 Å². The number of rotatable bonds is 5. The Morgan fingerprint density at radius 3 is 2.24 bits per heavy atom. The molecule has 5 nitrogen and oxygen atoms in total. The molecule has 5 rings (SSSR count). The first kappa shape index (κ1) is 22.0. The lowest BCUT2D eigenvalue weighted by molar-refractivity contribution is -0.120.